The maximum Gasteiger partial charge on any atom is 0.240 e. The van der Waals surface area contributed by atoms with Crippen LogP contribution in [0.5, 0.6) is 0 Å². The lowest BCUT2D eigenvalue weighted by atomic mass is 9.85. The van der Waals surface area contributed by atoms with E-state index in [4.69, 9.17) is 0 Å². The monoisotopic (exact) mass is 463 g/mol. The first kappa shape index (κ1) is 22.4. The zero-order chi connectivity index (χ0) is 22.1. The second kappa shape index (κ2) is 8.99. The molecule has 2 atom stereocenters. The van der Waals surface area contributed by atoms with Gasteiger partial charge >= 0.3 is 0 Å². The highest BCUT2D eigenvalue weighted by Gasteiger charge is 2.38. The molecule has 2 aliphatic heterocycles. The zero-order valence-electron chi connectivity index (χ0n) is 17.6. The van der Waals surface area contributed by atoms with E-state index in [1.54, 1.807) is 18.2 Å². The van der Waals surface area contributed by atoms with Crippen molar-refractivity contribution in [2.45, 2.75) is 36.2 Å². The number of nitrogens with zero attached hydrogens (tertiary/aromatic N) is 2. The van der Waals surface area contributed by atoms with Gasteiger partial charge in [-0.05, 0) is 42.5 Å². The number of hydrogen-bond acceptors (Lipinski definition) is 5. The zero-order valence-corrected chi connectivity index (χ0v) is 19.3. The number of benzene rings is 2. The van der Waals surface area contributed by atoms with Crippen LogP contribution in [0.15, 0.2) is 59.5 Å². The lowest BCUT2D eigenvalue weighted by Crippen LogP contribution is -2.51. The summed E-state index contributed by atoms with van der Waals surface area (Å²) in [4.78, 5) is 2.62. The third-order valence-corrected chi connectivity index (χ3v) is 9.09. The first-order chi connectivity index (χ1) is 14.8. The lowest BCUT2D eigenvalue weighted by Gasteiger charge is -2.45. The molecule has 4 rings (SSSR count). The van der Waals surface area contributed by atoms with E-state index in [0.717, 1.165) is 32.4 Å². The normalized spacial score (nSPS) is 22.1. The summed E-state index contributed by atoms with van der Waals surface area (Å²) in [6.07, 6.45) is 3.70. The van der Waals surface area contributed by atoms with Crippen LogP contribution in [-0.4, -0.2) is 64.5 Å². The van der Waals surface area contributed by atoms with Crippen LogP contribution < -0.4 is 4.72 Å². The van der Waals surface area contributed by atoms with Crippen molar-refractivity contribution >= 4 is 20.0 Å². The van der Waals surface area contributed by atoms with Crippen molar-refractivity contribution in [1.82, 2.24) is 13.9 Å². The van der Waals surface area contributed by atoms with Gasteiger partial charge in [-0.2, -0.15) is 4.31 Å². The predicted octanol–water partition coefficient (Wildman–Crippen LogP) is 1.99. The number of nitrogens with one attached hydrogen (secondary N) is 1. The van der Waals surface area contributed by atoms with Crippen LogP contribution in [0.25, 0.3) is 0 Å². The van der Waals surface area contributed by atoms with Crippen LogP contribution in [0.3, 0.4) is 0 Å². The topological polar surface area (TPSA) is 86.8 Å². The molecule has 0 spiro atoms. The molecule has 1 N–H and O–H groups in total. The summed E-state index contributed by atoms with van der Waals surface area (Å²) in [5.41, 5.74) is 2.63. The van der Waals surface area contributed by atoms with Crippen LogP contribution in [-0.2, 0) is 26.5 Å². The van der Waals surface area contributed by atoms with Gasteiger partial charge in [0.1, 0.15) is 0 Å². The van der Waals surface area contributed by atoms with E-state index in [0.29, 0.717) is 0 Å². The second-order valence-corrected chi connectivity index (χ2v) is 12.0. The fourth-order valence-corrected chi connectivity index (χ4v) is 6.99. The van der Waals surface area contributed by atoms with Gasteiger partial charge in [-0.1, -0.05) is 42.5 Å². The Morgan fingerprint density at radius 1 is 1.00 bits per heavy atom. The van der Waals surface area contributed by atoms with Gasteiger partial charge in [0.15, 0.2) is 0 Å². The van der Waals surface area contributed by atoms with Gasteiger partial charge in [-0.3, -0.25) is 4.90 Å². The van der Waals surface area contributed by atoms with Crippen LogP contribution >= 0.6 is 0 Å². The van der Waals surface area contributed by atoms with E-state index in [9.17, 15) is 16.8 Å². The molecule has 0 saturated carbocycles. The standard InChI is InChI=1S/C22H29N3O4S2/c1-30(26,27)25(16-13-23-31(28,29)20-8-3-2-4-9-20)19-12-15-24-14-11-18-7-5-6-10-21(18)22(24)17-19/h2-10,19,22-23H,11-17H2,1H3/t19-,22+/m1/s1. The summed E-state index contributed by atoms with van der Waals surface area (Å²) in [5.74, 6) is 0. The molecule has 1 saturated heterocycles. The van der Waals surface area contributed by atoms with Crippen molar-refractivity contribution in [3.63, 3.8) is 0 Å². The molecule has 9 heteroatoms. The van der Waals surface area contributed by atoms with Gasteiger partial charge in [0.2, 0.25) is 20.0 Å². The number of piperidine rings is 1. The van der Waals surface area contributed by atoms with Crippen molar-refractivity contribution in [3.05, 3.63) is 65.7 Å². The first-order valence-corrected chi connectivity index (χ1v) is 13.9. The number of sulfonamides is 2. The minimum absolute atomic E-state index is 0.0335. The molecule has 0 aromatic heterocycles. The van der Waals surface area contributed by atoms with E-state index >= 15 is 0 Å². The molecule has 168 valence electrons. The molecule has 0 aliphatic carbocycles. The van der Waals surface area contributed by atoms with Gasteiger partial charge in [0.05, 0.1) is 11.2 Å². The van der Waals surface area contributed by atoms with Crippen LogP contribution in [0, 0.1) is 0 Å². The third-order valence-electron chi connectivity index (χ3n) is 6.28. The van der Waals surface area contributed by atoms with Crippen LogP contribution in [0.1, 0.15) is 30.0 Å². The lowest BCUT2D eigenvalue weighted by molar-refractivity contribution is 0.0913. The SMILES string of the molecule is CS(=O)(=O)N(CCNS(=O)(=O)c1ccccc1)[C@@H]1CCN2CCc3ccccc3[C@@H]2C1. The fourth-order valence-electron chi connectivity index (χ4n) is 4.79. The van der Waals surface area contributed by atoms with E-state index in [-0.39, 0.29) is 30.1 Å². The molecule has 0 amide bonds. The minimum atomic E-state index is -3.67. The molecule has 31 heavy (non-hydrogen) atoms. The Morgan fingerprint density at radius 3 is 2.45 bits per heavy atom. The molecule has 1 fully saturated rings. The predicted molar refractivity (Wildman–Crippen MR) is 121 cm³/mol. The van der Waals surface area contributed by atoms with E-state index in [1.165, 1.54) is 33.8 Å². The van der Waals surface area contributed by atoms with Gasteiger partial charge in [-0.15, -0.1) is 0 Å². The Bertz CT molecular complexity index is 1120. The number of rotatable bonds is 7. The molecular formula is C22H29N3O4S2. The summed E-state index contributed by atoms with van der Waals surface area (Å²) in [6.45, 7) is 1.98. The van der Waals surface area contributed by atoms with Gasteiger partial charge in [-0.25, -0.2) is 21.6 Å². The van der Waals surface area contributed by atoms with Gasteiger partial charge in [0, 0.05) is 38.3 Å². The van der Waals surface area contributed by atoms with Crippen molar-refractivity contribution in [1.29, 1.82) is 0 Å². The van der Waals surface area contributed by atoms with Gasteiger partial charge < -0.3 is 0 Å². The minimum Gasteiger partial charge on any atom is -0.296 e. The quantitative estimate of drug-likeness (QED) is 0.679. The summed E-state index contributed by atoms with van der Waals surface area (Å²) >= 11 is 0. The van der Waals surface area contributed by atoms with Crippen LogP contribution in [0.4, 0.5) is 0 Å². The van der Waals surface area contributed by atoms with Gasteiger partial charge in [0.25, 0.3) is 0 Å². The van der Waals surface area contributed by atoms with E-state index in [2.05, 4.69) is 27.8 Å². The average Bonchev–Trinajstić information content (AvgIpc) is 2.76. The fraction of sp³-hybridized carbons (Fsp3) is 0.455. The molecule has 2 heterocycles. The average molecular weight is 464 g/mol. The number of hydrogen-bond donors (Lipinski definition) is 1. The molecule has 0 bridgehead atoms. The van der Waals surface area contributed by atoms with Crippen molar-refractivity contribution in [3.8, 4) is 0 Å². The highest BCUT2D eigenvalue weighted by molar-refractivity contribution is 7.89. The largest absolute Gasteiger partial charge is 0.296 e. The summed E-state index contributed by atoms with van der Waals surface area (Å²) in [7, 11) is -7.15. The highest BCUT2D eigenvalue weighted by atomic mass is 32.2. The molecule has 2 aliphatic rings. The van der Waals surface area contributed by atoms with Crippen LogP contribution in [0.2, 0.25) is 0 Å². The number of fused-ring (bicyclic) bond motifs is 3. The molecule has 2 aromatic rings. The maximum atomic E-state index is 12.6. The molecule has 7 nitrogen and oxygen atoms in total. The third kappa shape index (κ3) is 5.01. The Morgan fingerprint density at radius 2 is 1.71 bits per heavy atom. The smallest absolute Gasteiger partial charge is 0.240 e. The van der Waals surface area contributed by atoms with Crippen molar-refractivity contribution in [2.24, 2.45) is 0 Å². The van der Waals surface area contributed by atoms with E-state index in [1.807, 2.05) is 6.07 Å². The molecule has 0 unspecified atom stereocenters. The molecule has 0 radical (unpaired) electrons. The summed E-state index contributed by atoms with van der Waals surface area (Å²) in [5, 5.41) is 0. The Hall–Kier alpha value is -1.78. The van der Waals surface area contributed by atoms with Crippen molar-refractivity contribution in [2.75, 3.05) is 32.4 Å². The Balaban J connectivity index is 1.47. The second-order valence-electron chi connectivity index (χ2n) is 8.26. The summed E-state index contributed by atoms with van der Waals surface area (Å²) < 4.78 is 54.2. The van der Waals surface area contributed by atoms with Crippen molar-refractivity contribution < 1.29 is 16.8 Å². The Kier molecular flexibility index (Phi) is 6.50. The molecular weight excluding hydrogens is 434 g/mol. The maximum absolute atomic E-state index is 12.6. The Labute approximate surface area is 185 Å². The summed E-state index contributed by atoms with van der Waals surface area (Å²) in [6, 6.07) is 16.6. The van der Waals surface area contributed by atoms with E-state index < -0.39 is 20.0 Å². The molecule has 2 aromatic carbocycles. The highest BCUT2D eigenvalue weighted by Crippen LogP contribution is 2.38. The first-order valence-electron chi connectivity index (χ1n) is 10.6.